The molecule has 330 valence electrons. The number of nitrogens with two attached hydrogens (primary N) is 12. The summed E-state index contributed by atoms with van der Waals surface area (Å²) < 4.78 is 0. The van der Waals surface area contributed by atoms with Crippen molar-refractivity contribution >= 4 is 189 Å². The summed E-state index contributed by atoms with van der Waals surface area (Å²) in [5.41, 5.74) is 42.3. The van der Waals surface area contributed by atoms with Crippen molar-refractivity contribution in [3.05, 3.63) is 64.0 Å². The van der Waals surface area contributed by atoms with E-state index in [4.69, 9.17) is 117 Å². The molecular formula is C14H44Cu4N18Re6Te8-6. The first-order valence-electron chi connectivity index (χ1n) is 6.61. The van der Waals surface area contributed by atoms with Gasteiger partial charge in [-0.05, 0) is 0 Å². The van der Waals surface area contributed by atoms with Crippen LogP contribution in [-0.2, 0) is 191 Å². The van der Waals surface area contributed by atoms with Crippen LogP contribution >= 0.6 is 0 Å². The minimum absolute atomic E-state index is 0. The van der Waals surface area contributed by atoms with Crippen LogP contribution in [0.15, 0.2) is 0 Å². The second-order valence-electron chi connectivity index (χ2n) is 3.60. The average molecular weight is 2860 g/mol. The molecule has 0 aromatic carbocycles. The zero-order valence-electron chi connectivity index (χ0n) is 24.8. The Kier molecular flexibility index (Phi) is 1430. The Morgan fingerprint density at radius 1 is 0.300 bits per heavy atom. The Hall–Kier alpha value is 8.83. The molecule has 4 atom stereocenters. The molecule has 18 nitrogen and oxygen atoms in total. The van der Waals surface area contributed by atoms with Gasteiger partial charge in [-0.2, -0.15) is 0 Å². The standard InChI is InChI=1S/2C4H14N4.6CN.4Cu.4H2N.6Re.8HTe/c2*5-1-3(7)4(8)2-6;6*1-2;;;;;;;;;;;;;;;;;;;;;;/h2*3-4H,1-2,5-8H2;;;;;;;;;;;4*1H2;;;;;;;8*1H/q;;6*-1;;;2*+2;4*-1;;;;;;;;;;;;;;. The summed E-state index contributed by atoms with van der Waals surface area (Å²) in [4.78, 5) is 0. The fourth-order valence-electron chi connectivity index (χ4n) is 0.699. The van der Waals surface area contributed by atoms with E-state index in [2.05, 4.69) is 0 Å². The normalized spacial score (nSPS) is 6.00. The Morgan fingerprint density at radius 2 is 0.340 bits per heavy atom. The second-order valence-corrected chi connectivity index (χ2v) is 3.60. The molecule has 0 aliphatic rings. The summed E-state index contributed by atoms with van der Waals surface area (Å²) in [5, 5.41) is 37.5. The molecule has 0 aliphatic carbocycles. The molecule has 0 saturated heterocycles. The number of nitrogens with zero attached hydrogens (tertiary/aromatic N) is 6. The molecule has 50 heavy (non-hydrogen) atoms. The molecule has 0 saturated carbocycles. The molecule has 0 rings (SSSR count). The Bertz CT molecular complexity index is 345. The Labute approximate surface area is 560 Å². The van der Waals surface area contributed by atoms with Crippen LogP contribution in [-0.4, -0.2) is 240 Å². The third kappa shape index (κ3) is 287. The van der Waals surface area contributed by atoms with Crippen molar-refractivity contribution in [2.75, 3.05) is 26.2 Å². The molecule has 0 aromatic rings. The molecule has 36 heteroatoms. The van der Waals surface area contributed by atoms with Gasteiger partial charge < -0.3 is 141 Å². The summed E-state index contributed by atoms with van der Waals surface area (Å²) in [6.07, 6.45) is 0. The first-order valence-corrected chi connectivity index (χ1v) is 6.61. The third-order valence-electron chi connectivity index (χ3n) is 2.19. The number of hydrogen-bond donors (Lipinski definition) is 8. The predicted molar refractivity (Wildman–Crippen MR) is 176 cm³/mol. The van der Waals surface area contributed by atoms with E-state index >= 15 is 0 Å². The topological polar surface area (TPSA) is 485 Å². The molecule has 0 fully saturated rings. The average Bonchev–Trinajstić information content (AvgIpc) is 2.84. The van der Waals surface area contributed by atoms with Crippen LogP contribution in [0.25, 0.3) is 24.6 Å². The fraction of sp³-hybridized carbons (Fsp3) is 0.571. The van der Waals surface area contributed by atoms with Gasteiger partial charge in [0.1, 0.15) is 0 Å². The van der Waals surface area contributed by atoms with Crippen LogP contribution in [0.3, 0.4) is 0 Å². The van der Waals surface area contributed by atoms with Gasteiger partial charge in [-0.3, -0.25) is 0 Å². The Balaban J connectivity index is -0.00000000327. The molecule has 0 amide bonds. The molecule has 4 unspecified atom stereocenters. The summed E-state index contributed by atoms with van der Waals surface area (Å²) in [6, 6.07) is -0.611. The van der Waals surface area contributed by atoms with Crippen molar-refractivity contribution in [3.8, 4) is 0 Å². The maximum atomic E-state index is 6.25. The van der Waals surface area contributed by atoms with Gasteiger partial charge in [0.25, 0.3) is 0 Å². The zero-order valence-corrected chi connectivity index (χ0v) is 65.3. The van der Waals surface area contributed by atoms with E-state index in [0.717, 1.165) is 0 Å². The van der Waals surface area contributed by atoms with Crippen molar-refractivity contribution in [3.63, 3.8) is 0 Å². The summed E-state index contributed by atoms with van der Waals surface area (Å²) >= 11 is 0. The van der Waals surface area contributed by atoms with E-state index < -0.39 is 0 Å². The first kappa shape index (κ1) is 237. The molecule has 0 aromatic heterocycles. The van der Waals surface area contributed by atoms with E-state index in [1.165, 1.54) is 0 Å². The van der Waals surface area contributed by atoms with Gasteiger partial charge in [-0.15, -0.1) is 0 Å². The second kappa shape index (κ2) is 303. The van der Waals surface area contributed by atoms with Gasteiger partial charge in [0.2, 0.25) is 0 Å². The van der Waals surface area contributed by atoms with Crippen molar-refractivity contribution in [1.29, 1.82) is 31.6 Å². The first-order chi connectivity index (χ1) is 13.4. The van der Waals surface area contributed by atoms with Gasteiger partial charge in [-0.1, -0.05) is 0 Å². The third-order valence-corrected chi connectivity index (χ3v) is 2.19. The van der Waals surface area contributed by atoms with Crippen LogP contribution in [0.5, 0.6) is 0 Å². The van der Waals surface area contributed by atoms with Gasteiger partial charge >= 0.3 is 223 Å². The summed E-state index contributed by atoms with van der Waals surface area (Å²) in [6.45, 7) is 30.1. The molecule has 0 aliphatic heterocycles. The molecule has 0 heterocycles. The minimum atomic E-state index is -0.153. The fourth-order valence-corrected chi connectivity index (χ4v) is 0.699. The van der Waals surface area contributed by atoms with E-state index in [1.807, 2.05) is 0 Å². The van der Waals surface area contributed by atoms with E-state index in [1.54, 1.807) is 0 Å². The zero-order chi connectivity index (χ0) is 25.1. The van der Waals surface area contributed by atoms with Crippen LogP contribution < -0.4 is 45.9 Å². The van der Waals surface area contributed by atoms with Gasteiger partial charge in [0.15, 0.2) is 0 Å². The molecule has 18 radical (unpaired) electrons. The molecule has 0 spiro atoms. The number of rotatable bonds is 6. The SMILES string of the molecule is NCC(N)C(N)CN.NCC(N)C(N)CN.[C-]#N.[C-]#N.[C-]#N.[C-]#N.[C-]#N.[C-]#N.[Cu+2].[Cu+2].[Cu].[Cu].[NH2-].[NH2-].[NH2-].[NH2-].[Re].[Re].[Re].[Re].[Re].[Re].[TeH].[TeH].[TeH].[TeH].[TeH].[TeH].[TeH].[TeH]. The molecule has 24 N–H and O–H groups in total. The Morgan fingerprint density at radius 3 is 0.360 bits per heavy atom. The van der Waals surface area contributed by atoms with E-state index in [-0.39, 0.29) is 429 Å². The van der Waals surface area contributed by atoms with Crippen LogP contribution in [0, 0.1) is 71.0 Å². The van der Waals surface area contributed by atoms with Gasteiger partial charge in [-0.25, -0.2) is 0 Å². The van der Waals surface area contributed by atoms with Crippen molar-refractivity contribution in [2.24, 2.45) is 45.9 Å². The summed E-state index contributed by atoms with van der Waals surface area (Å²) in [5.74, 6) is 0. The summed E-state index contributed by atoms with van der Waals surface area (Å²) in [7, 11) is 0. The van der Waals surface area contributed by atoms with Crippen molar-refractivity contribution in [2.45, 2.75) is 24.2 Å². The van der Waals surface area contributed by atoms with E-state index in [9.17, 15) is 0 Å². The maximum absolute atomic E-state index is 6.25. The van der Waals surface area contributed by atoms with Crippen molar-refractivity contribution < 1.29 is 191 Å². The number of hydrogen-bond acceptors (Lipinski definition) is 14. The molecule has 0 bridgehead atoms. The predicted octanol–water partition coefficient (Wildman–Crippen LogP) is -6.65. The van der Waals surface area contributed by atoms with E-state index in [0.29, 0.717) is 26.2 Å². The van der Waals surface area contributed by atoms with Crippen LogP contribution in [0.4, 0.5) is 0 Å². The monoisotopic (exact) mass is 2880 g/mol. The van der Waals surface area contributed by atoms with Gasteiger partial charge in [0, 0.05) is 207 Å². The van der Waals surface area contributed by atoms with Crippen LogP contribution in [0.1, 0.15) is 0 Å². The van der Waals surface area contributed by atoms with Crippen molar-refractivity contribution in [1.82, 2.24) is 0 Å². The van der Waals surface area contributed by atoms with Gasteiger partial charge in [0.05, 0.1) is 0 Å². The quantitative estimate of drug-likeness (QED) is 0.0906. The molecular weight excluding hydrogens is 2810 g/mol. The van der Waals surface area contributed by atoms with Crippen LogP contribution in [0.2, 0.25) is 0 Å².